The van der Waals surface area contributed by atoms with Crippen molar-refractivity contribution in [1.82, 2.24) is 4.98 Å². The van der Waals surface area contributed by atoms with Gasteiger partial charge in [-0.1, -0.05) is 36.4 Å². The number of carbonyl (C=O) groups is 2. The molecule has 2 heterocycles. The minimum absolute atomic E-state index is 0.0367. The van der Waals surface area contributed by atoms with Gasteiger partial charge in [0.2, 0.25) is 0 Å². The van der Waals surface area contributed by atoms with Crippen molar-refractivity contribution in [3.8, 4) is 11.5 Å². The van der Waals surface area contributed by atoms with Gasteiger partial charge in [-0.25, -0.2) is 4.98 Å². The molecule has 1 aliphatic heterocycles. The predicted molar refractivity (Wildman–Crippen MR) is 115 cm³/mol. The Balaban J connectivity index is 1.99. The Morgan fingerprint density at radius 3 is 2.35 bits per heavy atom. The van der Waals surface area contributed by atoms with E-state index in [0.717, 1.165) is 0 Å². The second kappa shape index (κ2) is 8.31. The van der Waals surface area contributed by atoms with E-state index in [1.165, 1.54) is 25.3 Å². The highest BCUT2D eigenvalue weighted by Crippen LogP contribution is 2.45. The number of amides is 1. The van der Waals surface area contributed by atoms with E-state index in [4.69, 9.17) is 9.47 Å². The van der Waals surface area contributed by atoms with Crippen molar-refractivity contribution in [2.45, 2.75) is 6.04 Å². The Hall–Kier alpha value is -4.13. The average Bonchev–Trinajstić information content (AvgIpc) is 3.09. The fourth-order valence-corrected chi connectivity index (χ4v) is 3.66. The third-order valence-corrected chi connectivity index (χ3v) is 5.12. The fraction of sp³-hybridized carbons (Fsp3) is 0.125. The number of methoxy groups -OCH3 is 2. The number of anilines is 1. The highest BCUT2D eigenvalue weighted by atomic mass is 16.5. The summed E-state index contributed by atoms with van der Waals surface area (Å²) in [5.41, 5.74) is 0.912. The molecule has 31 heavy (non-hydrogen) atoms. The Morgan fingerprint density at radius 1 is 0.968 bits per heavy atom. The van der Waals surface area contributed by atoms with Gasteiger partial charge in [-0.3, -0.25) is 14.5 Å². The molecular weight excluding hydrogens is 396 g/mol. The van der Waals surface area contributed by atoms with Gasteiger partial charge in [0, 0.05) is 23.4 Å². The Kier molecular flexibility index (Phi) is 5.41. The Morgan fingerprint density at radius 2 is 1.71 bits per heavy atom. The van der Waals surface area contributed by atoms with Crippen LogP contribution in [0, 0.1) is 0 Å². The lowest BCUT2D eigenvalue weighted by Crippen LogP contribution is -2.30. The normalized spacial score (nSPS) is 17.6. The molecule has 0 saturated carbocycles. The molecule has 156 valence electrons. The van der Waals surface area contributed by atoms with Crippen LogP contribution in [-0.4, -0.2) is 36.0 Å². The number of pyridine rings is 1. The lowest BCUT2D eigenvalue weighted by molar-refractivity contribution is -0.132. The minimum atomic E-state index is -0.934. The molecule has 7 heteroatoms. The molecule has 0 radical (unpaired) electrons. The van der Waals surface area contributed by atoms with Crippen molar-refractivity contribution in [2.24, 2.45) is 0 Å². The van der Waals surface area contributed by atoms with Crippen LogP contribution in [0.4, 0.5) is 5.82 Å². The van der Waals surface area contributed by atoms with Crippen LogP contribution in [0.1, 0.15) is 17.2 Å². The van der Waals surface area contributed by atoms with Gasteiger partial charge < -0.3 is 14.6 Å². The first kappa shape index (κ1) is 20.2. The number of rotatable bonds is 5. The zero-order valence-corrected chi connectivity index (χ0v) is 17.0. The number of nitrogens with zero attached hydrogens (tertiary/aromatic N) is 2. The van der Waals surface area contributed by atoms with E-state index in [9.17, 15) is 14.7 Å². The van der Waals surface area contributed by atoms with E-state index in [2.05, 4.69) is 4.98 Å². The molecule has 0 spiro atoms. The topological polar surface area (TPSA) is 89.0 Å². The van der Waals surface area contributed by atoms with Gasteiger partial charge in [0.1, 0.15) is 29.1 Å². The SMILES string of the molecule is COc1ccc([C@@H]2/C(=C(\O)c3ccccc3)C(=O)C(=O)N2c2ccccn2)c(OC)c1. The molecule has 2 aromatic carbocycles. The van der Waals surface area contributed by atoms with Crippen LogP contribution in [0.5, 0.6) is 11.5 Å². The predicted octanol–water partition coefficient (Wildman–Crippen LogP) is 3.73. The summed E-state index contributed by atoms with van der Waals surface area (Å²) in [7, 11) is 3.02. The molecule has 1 aliphatic rings. The Labute approximate surface area is 179 Å². The number of Topliss-reactive ketones (excluding diaryl/α,β-unsaturated/α-hetero) is 1. The van der Waals surface area contributed by atoms with E-state index >= 15 is 0 Å². The van der Waals surface area contributed by atoms with Crippen molar-refractivity contribution < 1.29 is 24.2 Å². The van der Waals surface area contributed by atoms with E-state index in [1.807, 2.05) is 0 Å². The average molecular weight is 416 g/mol. The summed E-state index contributed by atoms with van der Waals surface area (Å²) in [5.74, 6) is -0.585. The molecule has 0 bridgehead atoms. The monoisotopic (exact) mass is 416 g/mol. The van der Waals surface area contributed by atoms with Gasteiger partial charge in [-0.05, 0) is 24.3 Å². The number of aliphatic hydroxyl groups is 1. The number of carbonyl (C=O) groups excluding carboxylic acids is 2. The number of ketones is 1. The number of hydrogen-bond acceptors (Lipinski definition) is 6. The van der Waals surface area contributed by atoms with Gasteiger partial charge >= 0.3 is 5.91 Å². The summed E-state index contributed by atoms with van der Waals surface area (Å²) in [6.07, 6.45) is 1.54. The highest BCUT2D eigenvalue weighted by Gasteiger charge is 2.48. The first-order chi connectivity index (χ1) is 15.1. The molecule has 1 N–H and O–H groups in total. The number of benzene rings is 2. The first-order valence-electron chi connectivity index (χ1n) is 9.56. The van der Waals surface area contributed by atoms with Crippen LogP contribution in [-0.2, 0) is 9.59 Å². The Bertz CT molecular complexity index is 1160. The molecule has 4 rings (SSSR count). The number of hydrogen-bond donors (Lipinski definition) is 1. The maximum Gasteiger partial charge on any atom is 0.301 e. The maximum absolute atomic E-state index is 13.1. The van der Waals surface area contributed by atoms with Crippen LogP contribution in [0.25, 0.3) is 5.76 Å². The molecule has 1 amide bonds. The molecule has 1 fully saturated rings. The van der Waals surface area contributed by atoms with E-state index in [0.29, 0.717) is 28.4 Å². The van der Waals surface area contributed by atoms with Gasteiger partial charge in [0.25, 0.3) is 5.78 Å². The molecule has 7 nitrogen and oxygen atoms in total. The van der Waals surface area contributed by atoms with Crippen LogP contribution in [0.2, 0.25) is 0 Å². The summed E-state index contributed by atoms with van der Waals surface area (Å²) < 4.78 is 10.8. The summed E-state index contributed by atoms with van der Waals surface area (Å²) in [6.45, 7) is 0. The van der Waals surface area contributed by atoms with Gasteiger partial charge in [-0.2, -0.15) is 0 Å². The largest absolute Gasteiger partial charge is 0.507 e. The minimum Gasteiger partial charge on any atom is -0.507 e. The zero-order chi connectivity index (χ0) is 22.0. The summed E-state index contributed by atoms with van der Waals surface area (Å²) in [4.78, 5) is 31.7. The van der Waals surface area contributed by atoms with Crippen molar-refractivity contribution in [2.75, 3.05) is 19.1 Å². The molecule has 3 aromatic rings. The molecule has 1 saturated heterocycles. The molecule has 0 unspecified atom stereocenters. The van der Waals surface area contributed by atoms with Crippen LogP contribution in [0.15, 0.2) is 78.5 Å². The van der Waals surface area contributed by atoms with Crippen LogP contribution < -0.4 is 14.4 Å². The third-order valence-electron chi connectivity index (χ3n) is 5.12. The van der Waals surface area contributed by atoms with Gasteiger partial charge in [0.05, 0.1) is 19.8 Å². The summed E-state index contributed by atoms with van der Waals surface area (Å²) >= 11 is 0. The van der Waals surface area contributed by atoms with Crippen LogP contribution in [0.3, 0.4) is 0 Å². The molecular formula is C24H20N2O5. The standard InChI is InChI=1S/C24H20N2O5/c1-30-16-11-12-17(18(14-16)31-2)21-20(22(27)15-8-4-3-5-9-15)23(28)24(29)26(21)19-10-6-7-13-25-19/h3-14,21,27H,1-2H3/b22-20+/t21-/m1/s1. The second-order valence-electron chi connectivity index (χ2n) is 6.83. The number of ether oxygens (including phenoxy) is 2. The number of aromatic nitrogens is 1. The smallest absolute Gasteiger partial charge is 0.301 e. The second-order valence-corrected chi connectivity index (χ2v) is 6.83. The van der Waals surface area contributed by atoms with E-state index in [1.54, 1.807) is 66.7 Å². The van der Waals surface area contributed by atoms with E-state index < -0.39 is 17.7 Å². The first-order valence-corrected chi connectivity index (χ1v) is 9.56. The van der Waals surface area contributed by atoms with Gasteiger partial charge in [-0.15, -0.1) is 0 Å². The molecule has 0 aliphatic carbocycles. The third kappa shape index (κ3) is 3.50. The lowest BCUT2D eigenvalue weighted by atomic mass is 9.94. The lowest BCUT2D eigenvalue weighted by Gasteiger charge is -2.26. The van der Waals surface area contributed by atoms with Crippen LogP contribution >= 0.6 is 0 Å². The van der Waals surface area contributed by atoms with Crippen molar-refractivity contribution in [3.05, 3.63) is 89.6 Å². The maximum atomic E-state index is 13.1. The quantitative estimate of drug-likeness (QED) is 0.387. The van der Waals surface area contributed by atoms with Crippen molar-refractivity contribution in [1.29, 1.82) is 0 Å². The number of aliphatic hydroxyl groups excluding tert-OH is 1. The molecule has 1 aromatic heterocycles. The highest BCUT2D eigenvalue weighted by molar-refractivity contribution is 6.51. The van der Waals surface area contributed by atoms with Crippen molar-refractivity contribution in [3.63, 3.8) is 0 Å². The summed E-state index contributed by atoms with van der Waals surface area (Å²) in [6, 6.07) is 17.9. The summed E-state index contributed by atoms with van der Waals surface area (Å²) in [5, 5.41) is 11.1. The van der Waals surface area contributed by atoms with E-state index in [-0.39, 0.29) is 11.3 Å². The van der Waals surface area contributed by atoms with Gasteiger partial charge in [0.15, 0.2) is 0 Å². The molecule has 1 atom stereocenters. The zero-order valence-electron chi connectivity index (χ0n) is 17.0. The fourth-order valence-electron chi connectivity index (χ4n) is 3.66. The van der Waals surface area contributed by atoms with Crippen molar-refractivity contribution >= 4 is 23.3 Å².